The highest BCUT2D eigenvalue weighted by Gasteiger charge is 2.20. The maximum absolute atomic E-state index is 12.6. The highest BCUT2D eigenvalue weighted by atomic mass is 16.5. The minimum Gasteiger partial charge on any atom is -0.452 e. The van der Waals surface area contributed by atoms with Gasteiger partial charge >= 0.3 is 5.97 Å². The Kier molecular flexibility index (Phi) is 6.93. The molecule has 27 heavy (non-hydrogen) atoms. The molecule has 2 aromatic heterocycles. The number of fused-ring (bicyclic) bond motifs is 1. The molecular formula is C20H30N4O3. The van der Waals surface area contributed by atoms with Crippen LogP contribution in [0.1, 0.15) is 76.0 Å². The minimum atomic E-state index is -0.536. The molecular weight excluding hydrogens is 344 g/mol. The van der Waals surface area contributed by atoms with Crippen molar-refractivity contribution in [3.05, 3.63) is 23.5 Å². The van der Waals surface area contributed by atoms with Crippen LogP contribution in [0.15, 0.2) is 12.3 Å². The van der Waals surface area contributed by atoms with Gasteiger partial charge in [0, 0.05) is 18.3 Å². The summed E-state index contributed by atoms with van der Waals surface area (Å²) in [6.07, 6.45) is 2.52. The summed E-state index contributed by atoms with van der Waals surface area (Å²) in [7, 11) is 0. The van der Waals surface area contributed by atoms with E-state index in [0.29, 0.717) is 29.1 Å². The van der Waals surface area contributed by atoms with Crippen LogP contribution in [0.25, 0.3) is 11.0 Å². The van der Waals surface area contributed by atoms with Crippen molar-refractivity contribution >= 4 is 22.9 Å². The van der Waals surface area contributed by atoms with Crippen molar-refractivity contribution in [2.45, 2.75) is 59.9 Å². The van der Waals surface area contributed by atoms with Gasteiger partial charge < -0.3 is 10.1 Å². The molecule has 0 aromatic carbocycles. The van der Waals surface area contributed by atoms with Gasteiger partial charge in [0.05, 0.1) is 17.1 Å². The summed E-state index contributed by atoms with van der Waals surface area (Å²) in [6, 6.07) is 1.85. The van der Waals surface area contributed by atoms with Crippen LogP contribution < -0.4 is 5.32 Å². The zero-order chi connectivity index (χ0) is 20.1. The van der Waals surface area contributed by atoms with E-state index in [4.69, 9.17) is 4.74 Å². The Labute approximate surface area is 160 Å². The van der Waals surface area contributed by atoms with Crippen LogP contribution in [0.4, 0.5) is 0 Å². The third-order valence-electron chi connectivity index (χ3n) is 4.27. The molecule has 148 valence electrons. The van der Waals surface area contributed by atoms with Crippen molar-refractivity contribution in [2.24, 2.45) is 5.92 Å². The third-order valence-corrected chi connectivity index (χ3v) is 4.27. The summed E-state index contributed by atoms with van der Waals surface area (Å²) < 4.78 is 7.03. The molecule has 2 rings (SSSR count). The normalized spacial score (nSPS) is 11.6. The van der Waals surface area contributed by atoms with Gasteiger partial charge in [0.15, 0.2) is 12.3 Å². The molecule has 0 fully saturated rings. The van der Waals surface area contributed by atoms with Gasteiger partial charge in [-0.05, 0) is 38.2 Å². The Balaban J connectivity index is 2.18. The number of ether oxygens (including phenoxy) is 1. The lowest BCUT2D eigenvalue weighted by Crippen LogP contribution is -2.30. The molecule has 2 heterocycles. The Morgan fingerprint density at radius 2 is 1.89 bits per heavy atom. The van der Waals surface area contributed by atoms with Crippen LogP contribution in [-0.4, -0.2) is 39.8 Å². The molecule has 0 bridgehead atoms. The maximum atomic E-state index is 12.6. The number of hydrogen-bond donors (Lipinski definition) is 1. The number of pyridine rings is 1. The van der Waals surface area contributed by atoms with Crippen LogP contribution in [0, 0.1) is 5.92 Å². The molecule has 0 radical (unpaired) electrons. The van der Waals surface area contributed by atoms with Crippen molar-refractivity contribution in [2.75, 3.05) is 13.2 Å². The van der Waals surface area contributed by atoms with E-state index < -0.39 is 5.97 Å². The second-order valence-electron chi connectivity index (χ2n) is 7.78. The van der Waals surface area contributed by atoms with Gasteiger partial charge in [-0.15, -0.1) is 0 Å². The molecule has 0 spiro atoms. The second kappa shape index (κ2) is 8.97. The first-order valence-corrected chi connectivity index (χ1v) is 9.52. The highest BCUT2D eigenvalue weighted by molar-refractivity contribution is 6.03. The lowest BCUT2D eigenvalue weighted by Gasteiger charge is -2.12. The summed E-state index contributed by atoms with van der Waals surface area (Å²) in [5.41, 5.74) is 1.84. The molecule has 0 atom stereocenters. The Hall–Kier alpha value is -2.44. The number of nitrogens with zero attached hydrogens (tertiary/aromatic N) is 3. The summed E-state index contributed by atoms with van der Waals surface area (Å²) in [4.78, 5) is 29.2. The van der Waals surface area contributed by atoms with Gasteiger partial charge in [-0.3, -0.25) is 4.79 Å². The number of carbonyl (C=O) groups excluding carboxylic acids is 2. The quantitative estimate of drug-likeness (QED) is 0.715. The van der Waals surface area contributed by atoms with Crippen molar-refractivity contribution in [3.63, 3.8) is 0 Å². The van der Waals surface area contributed by atoms with Gasteiger partial charge in [-0.1, -0.05) is 27.7 Å². The van der Waals surface area contributed by atoms with E-state index in [1.165, 1.54) is 0 Å². The van der Waals surface area contributed by atoms with Gasteiger partial charge in [0.1, 0.15) is 0 Å². The molecule has 0 unspecified atom stereocenters. The molecule has 7 nitrogen and oxygen atoms in total. The second-order valence-corrected chi connectivity index (χ2v) is 7.78. The van der Waals surface area contributed by atoms with Gasteiger partial charge in [0.2, 0.25) is 0 Å². The number of esters is 1. The van der Waals surface area contributed by atoms with Gasteiger partial charge in [-0.2, -0.15) is 5.10 Å². The number of amides is 1. The third kappa shape index (κ3) is 5.28. The van der Waals surface area contributed by atoms with Crippen molar-refractivity contribution in [3.8, 4) is 0 Å². The number of carbonyl (C=O) groups is 2. The largest absolute Gasteiger partial charge is 0.452 e. The Bertz CT molecular complexity index is 809. The van der Waals surface area contributed by atoms with Gasteiger partial charge in [0.25, 0.3) is 5.91 Å². The van der Waals surface area contributed by atoms with Crippen LogP contribution >= 0.6 is 0 Å². The summed E-state index contributed by atoms with van der Waals surface area (Å²) in [6.45, 7) is 12.5. The zero-order valence-corrected chi connectivity index (χ0v) is 17.1. The first-order valence-electron chi connectivity index (χ1n) is 9.52. The average molecular weight is 374 g/mol. The van der Waals surface area contributed by atoms with E-state index in [9.17, 15) is 9.59 Å². The van der Waals surface area contributed by atoms with E-state index >= 15 is 0 Å². The Morgan fingerprint density at radius 3 is 2.48 bits per heavy atom. The maximum Gasteiger partial charge on any atom is 0.339 e. The Morgan fingerprint density at radius 1 is 1.19 bits per heavy atom. The molecule has 1 amide bonds. The predicted molar refractivity (Wildman–Crippen MR) is 105 cm³/mol. The standard InChI is InChI=1S/C20H30N4O3/c1-12(2)7-8-21-18(25)11-27-20(26)15-9-17(13(3)4)23-19-16(15)10-22-24(19)14(5)6/h9-10,12-14H,7-8,11H2,1-6H3,(H,21,25). The summed E-state index contributed by atoms with van der Waals surface area (Å²) in [5.74, 6) is -0.177. The van der Waals surface area contributed by atoms with Crippen LogP contribution in [-0.2, 0) is 9.53 Å². The first kappa shape index (κ1) is 20.9. The van der Waals surface area contributed by atoms with E-state index in [1.54, 1.807) is 16.9 Å². The topological polar surface area (TPSA) is 86.1 Å². The number of nitrogens with one attached hydrogen (secondary N) is 1. The molecule has 7 heteroatoms. The monoisotopic (exact) mass is 374 g/mol. The summed E-state index contributed by atoms with van der Waals surface area (Å²) in [5, 5.41) is 7.76. The average Bonchev–Trinajstić information content (AvgIpc) is 3.02. The molecule has 0 saturated heterocycles. The molecule has 0 aliphatic carbocycles. The van der Waals surface area contributed by atoms with Crippen molar-refractivity contribution < 1.29 is 14.3 Å². The zero-order valence-electron chi connectivity index (χ0n) is 17.1. The van der Waals surface area contributed by atoms with Crippen LogP contribution in [0.3, 0.4) is 0 Å². The molecule has 2 aromatic rings. The lowest BCUT2D eigenvalue weighted by molar-refractivity contribution is -0.124. The van der Waals surface area contributed by atoms with Crippen molar-refractivity contribution in [1.29, 1.82) is 0 Å². The molecule has 1 N–H and O–H groups in total. The first-order chi connectivity index (χ1) is 12.7. The highest BCUT2D eigenvalue weighted by Crippen LogP contribution is 2.24. The fourth-order valence-electron chi connectivity index (χ4n) is 2.64. The fraction of sp³-hybridized carbons (Fsp3) is 0.600. The smallest absolute Gasteiger partial charge is 0.339 e. The number of hydrogen-bond acceptors (Lipinski definition) is 5. The predicted octanol–water partition coefficient (Wildman–Crippen LogP) is 3.45. The number of aromatic nitrogens is 3. The molecule has 0 aliphatic heterocycles. The van der Waals surface area contributed by atoms with Gasteiger partial charge in [-0.25, -0.2) is 14.5 Å². The van der Waals surface area contributed by atoms with E-state index in [2.05, 4.69) is 29.2 Å². The fourth-order valence-corrected chi connectivity index (χ4v) is 2.64. The number of rotatable bonds is 8. The van der Waals surface area contributed by atoms with Crippen LogP contribution in [0.2, 0.25) is 0 Å². The lowest BCUT2D eigenvalue weighted by atomic mass is 10.1. The van der Waals surface area contributed by atoms with Crippen LogP contribution in [0.5, 0.6) is 0 Å². The molecule has 0 saturated carbocycles. The van der Waals surface area contributed by atoms with E-state index in [-0.39, 0.29) is 24.5 Å². The van der Waals surface area contributed by atoms with E-state index in [0.717, 1.165) is 12.1 Å². The summed E-state index contributed by atoms with van der Waals surface area (Å²) >= 11 is 0. The SMILES string of the molecule is CC(C)CCNC(=O)COC(=O)c1cc(C(C)C)nc2c1cnn2C(C)C. The van der Waals surface area contributed by atoms with Crippen molar-refractivity contribution in [1.82, 2.24) is 20.1 Å². The minimum absolute atomic E-state index is 0.119. The molecule has 0 aliphatic rings. The van der Waals surface area contributed by atoms with E-state index in [1.807, 2.05) is 27.7 Å².